The first-order valence-electron chi connectivity index (χ1n) is 6.15. The SMILES string of the molecule is Cn1c(=O)c2[nH]c(Nc3ccc(Br)cc3)nc2n(C)c1=O. The molecule has 2 aromatic heterocycles. The molecule has 7 nitrogen and oxygen atoms in total. The maximum absolute atomic E-state index is 12.1. The molecule has 0 amide bonds. The quantitative estimate of drug-likeness (QED) is 0.733. The molecule has 0 saturated heterocycles. The Morgan fingerprint density at radius 3 is 2.48 bits per heavy atom. The van der Waals surface area contributed by atoms with Crippen molar-refractivity contribution < 1.29 is 0 Å². The van der Waals surface area contributed by atoms with E-state index in [1.165, 1.54) is 11.6 Å². The Kier molecular flexibility index (Phi) is 3.17. The van der Waals surface area contributed by atoms with Crippen molar-refractivity contribution >= 4 is 38.7 Å². The first kappa shape index (κ1) is 13.6. The number of fused-ring (bicyclic) bond motifs is 1. The van der Waals surface area contributed by atoms with Gasteiger partial charge < -0.3 is 10.3 Å². The minimum Gasteiger partial charge on any atom is -0.326 e. The molecule has 3 aromatic rings. The number of nitrogens with zero attached hydrogens (tertiary/aromatic N) is 3. The van der Waals surface area contributed by atoms with Gasteiger partial charge in [0, 0.05) is 24.3 Å². The van der Waals surface area contributed by atoms with Crippen molar-refractivity contribution in [1.29, 1.82) is 0 Å². The van der Waals surface area contributed by atoms with Crippen LogP contribution in [0.3, 0.4) is 0 Å². The Hall–Kier alpha value is -2.35. The van der Waals surface area contributed by atoms with Crippen LogP contribution in [-0.4, -0.2) is 19.1 Å². The molecule has 2 heterocycles. The summed E-state index contributed by atoms with van der Waals surface area (Å²) in [5.41, 5.74) is 0.625. The summed E-state index contributed by atoms with van der Waals surface area (Å²) >= 11 is 3.36. The van der Waals surface area contributed by atoms with Gasteiger partial charge in [0.25, 0.3) is 5.56 Å². The predicted molar refractivity (Wildman–Crippen MR) is 84.0 cm³/mol. The smallest absolute Gasteiger partial charge is 0.326 e. The van der Waals surface area contributed by atoms with E-state index in [1.807, 2.05) is 24.3 Å². The summed E-state index contributed by atoms with van der Waals surface area (Å²) in [5.74, 6) is 0.408. The number of aromatic nitrogens is 4. The highest BCUT2D eigenvalue weighted by molar-refractivity contribution is 9.10. The highest BCUT2D eigenvalue weighted by Crippen LogP contribution is 2.18. The summed E-state index contributed by atoms with van der Waals surface area (Å²) in [5, 5.41) is 3.06. The van der Waals surface area contributed by atoms with E-state index in [0.29, 0.717) is 17.1 Å². The second-order valence-electron chi connectivity index (χ2n) is 4.62. The molecule has 21 heavy (non-hydrogen) atoms. The number of imidazole rings is 1. The molecule has 0 radical (unpaired) electrons. The van der Waals surface area contributed by atoms with Crippen molar-refractivity contribution in [1.82, 2.24) is 19.1 Å². The number of hydrogen-bond acceptors (Lipinski definition) is 4. The number of nitrogens with one attached hydrogen (secondary N) is 2. The summed E-state index contributed by atoms with van der Waals surface area (Å²) in [7, 11) is 3.02. The maximum atomic E-state index is 12.1. The van der Waals surface area contributed by atoms with Crippen LogP contribution < -0.4 is 16.6 Å². The molecule has 2 N–H and O–H groups in total. The summed E-state index contributed by atoms with van der Waals surface area (Å²) in [6, 6.07) is 7.52. The third-order valence-electron chi connectivity index (χ3n) is 3.20. The standard InChI is InChI=1S/C13H12BrN5O2/c1-18-10-9(11(20)19(2)13(18)21)16-12(17-10)15-8-5-3-7(14)4-6-8/h3-6H,1-2H3,(H2,15,16,17). The van der Waals surface area contributed by atoms with Gasteiger partial charge in [0.05, 0.1) is 0 Å². The van der Waals surface area contributed by atoms with E-state index in [2.05, 4.69) is 31.2 Å². The molecular formula is C13H12BrN5O2. The van der Waals surface area contributed by atoms with Crippen molar-refractivity contribution in [2.45, 2.75) is 0 Å². The fourth-order valence-corrected chi connectivity index (χ4v) is 2.32. The second-order valence-corrected chi connectivity index (χ2v) is 5.54. The first-order chi connectivity index (χ1) is 9.97. The second kappa shape index (κ2) is 4.88. The maximum Gasteiger partial charge on any atom is 0.332 e. The first-order valence-corrected chi connectivity index (χ1v) is 6.95. The highest BCUT2D eigenvalue weighted by Gasteiger charge is 2.13. The van der Waals surface area contributed by atoms with Gasteiger partial charge in [-0.05, 0) is 24.3 Å². The molecule has 0 aliphatic carbocycles. The summed E-state index contributed by atoms with van der Waals surface area (Å²) in [4.78, 5) is 31.1. The Morgan fingerprint density at radius 2 is 1.81 bits per heavy atom. The lowest BCUT2D eigenvalue weighted by Gasteiger charge is -2.01. The molecule has 8 heteroatoms. The predicted octanol–water partition coefficient (Wildman–Crippen LogP) is 1.47. The van der Waals surface area contributed by atoms with Gasteiger partial charge in [0.2, 0.25) is 5.95 Å². The lowest BCUT2D eigenvalue weighted by Crippen LogP contribution is -2.36. The van der Waals surface area contributed by atoms with Crippen molar-refractivity contribution in [3.8, 4) is 0 Å². The van der Waals surface area contributed by atoms with Gasteiger partial charge >= 0.3 is 5.69 Å². The van der Waals surface area contributed by atoms with Gasteiger partial charge in [-0.25, -0.2) is 4.79 Å². The number of benzene rings is 1. The van der Waals surface area contributed by atoms with Crippen LogP contribution in [0.15, 0.2) is 38.3 Å². The van der Waals surface area contributed by atoms with Gasteiger partial charge in [0.15, 0.2) is 11.2 Å². The van der Waals surface area contributed by atoms with E-state index in [1.54, 1.807) is 7.05 Å². The minimum atomic E-state index is -0.408. The molecule has 108 valence electrons. The fourth-order valence-electron chi connectivity index (χ4n) is 2.06. The monoisotopic (exact) mass is 349 g/mol. The molecule has 0 unspecified atom stereocenters. The van der Waals surface area contributed by atoms with E-state index in [4.69, 9.17) is 0 Å². The van der Waals surface area contributed by atoms with Crippen LogP contribution in [0.5, 0.6) is 0 Å². The molecule has 0 saturated carbocycles. The average Bonchev–Trinajstić information content (AvgIpc) is 2.89. The lowest BCUT2D eigenvalue weighted by atomic mass is 10.3. The molecule has 0 aliphatic rings. The van der Waals surface area contributed by atoms with Gasteiger partial charge in [-0.3, -0.25) is 13.9 Å². The van der Waals surface area contributed by atoms with Gasteiger partial charge in [-0.15, -0.1) is 0 Å². The third-order valence-corrected chi connectivity index (χ3v) is 3.73. The van der Waals surface area contributed by atoms with E-state index < -0.39 is 11.2 Å². The van der Waals surface area contributed by atoms with Crippen LogP contribution in [0.4, 0.5) is 11.6 Å². The highest BCUT2D eigenvalue weighted by atomic mass is 79.9. The van der Waals surface area contributed by atoms with E-state index >= 15 is 0 Å². The van der Waals surface area contributed by atoms with Crippen LogP contribution in [0.1, 0.15) is 0 Å². The zero-order valence-electron chi connectivity index (χ0n) is 11.3. The number of aryl methyl sites for hydroxylation is 1. The Balaban J connectivity index is 2.12. The van der Waals surface area contributed by atoms with Crippen molar-refractivity contribution in [2.75, 3.05) is 5.32 Å². The lowest BCUT2D eigenvalue weighted by molar-refractivity contribution is 0.709. The van der Waals surface area contributed by atoms with Crippen LogP contribution in [0, 0.1) is 0 Å². The molecular weight excluding hydrogens is 338 g/mol. The van der Waals surface area contributed by atoms with E-state index in [0.717, 1.165) is 14.7 Å². The molecule has 0 atom stereocenters. The van der Waals surface area contributed by atoms with Crippen LogP contribution in [0.2, 0.25) is 0 Å². The van der Waals surface area contributed by atoms with Gasteiger partial charge in [0.1, 0.15) is 0 Å². The van der Waals surface area contributed by atoms with Crippen molar-refractivity contribution in [2.24, 2.45) is 14.1 Å². The van der Waals surface area contributed by atoms with Crippen LogP contribution in [0.25, 0.3) is 11.2 Å². The third kappa shape index (κ3) is 2.27. The number of rotatable bonds is 2. The number of anilines is 2. The zero-order chi connectivity index (χ0) is 15.1. The number of hydrogen-bond donors (Lipinski definition) is 2. The Labute approximate surface area is 127 Å². The zero-order valence-corrected chi connectivity index (χ0v) is 12.9. The molecule has 0 spiro atoms. The average molecular weight is 350 g/mol. The Morgan fingerprint density at radius 1 is 1.14 bits per heavy atom. The fraction of sp³-hybridized carbons (Fsp3) is 0.154. The number of aromatic amines is 1. The number of H-pyrrole nitrogens is 1. The summed E-state index contributed by atoms with van der Waals surface area (Å²) < 4.78 is 3.35. The van der Waals surface area contributed by atoms with Gasteiger partial charge in [-0.2, -0.15) is 4.98 Å². The molecule has 1 aromatic carbocycles. The molecule has 0 fully saturated rings. The van der Waals surface area contributed by atoms with Crippen molar-refractivity contribution in [3.05, 3.63) is 49.6 Å². The van der Waals surface area contributed by atoms with Crippen LogP contribution in [-0.2, 0) is 14.1 Å². The van der Waals surface area contributed by atoms with Gasteiger partial charge in [-0.1, -0.05) is 15.9 Å². The summed E-state index contributed by atoms with van der Waals surface area (Å²) in [6.45, 7) is 0. The molecule has 0 bridgehead atoms. The normalized spacial score (nSPS) is 11.0. The number of halogens is 1. The largest absolute Gasteiger partial charge is 0.332 e. The van der Waals surface area contributed by atoms with Crippen LogP contribution >= 0.6 is 15.9 Å². The Bertz CT molecular complexity index is 936. The summed E-state index contributed by atoms with van der Waals surface area (Å²) in [6.07, 6.45) is 0. The van der Waals surface area contributed by atoms with E-state index in [9.17, 15) is 9.59 Å². The molecule has 3 rings (SSSR count). The van der Waals surface area contributed by atoms with E-state index in [-0.39, 0.29) is 0 Å². The topological polar surface area (TPSA) is 84.7 Å². The van der Waals surface area contributed by atoms with Crippen molar-refractivity contribution in [3.63, 3.8) is 0 Å². The minimum absolute atomic E-state index is 0.291. The molecule has 0 aliphatic heterocycles.